The lowest BCUT2D eigenvalue weighted by molar-refractivity contribution is -0.139. The fraction of sp³-hybridized carbons (Fsp3) is 0.543. The normalized spacial score (nSPS) is 17.7. The van der Waals surface area contributed by atoms with Gasteiger partial charge in [-0.15, -0.1) is 0 Å². The number of piperidine rings is 1. The van der Waals surface area contributed by atoms with Gasteiger partial charge in [0.25, 0.3) is 0 Å². The van der Waals surface area contributed by atoms with Crippen molar-refractivity contribution in [1.82, 2.24) is 34.9 Å². The van der Waals surface area contributed by atoms with Gasteiger partial charge in [0, 0.05) is 62.2 Å². The number of hydrogen-bond donors (Lipinski definition) is 2. The largest absolute Gasteiger partial charge is 0.378 e. The van der Waals surface area contributed by atoms with Gasteiger partial charge in [-0.1, -0.05) is 31.9 Å². The number of carbonyl (C=O) groups is 5. The Morgan fingerprint density at radius 2 is 1.66 bits per heavy atom. The summed E-state index contributed by atoms with van der Waals surface area (Å²) in [5.41, 5.74) is 9.27. The number of Topliss-reactive ketones (excluding diaryl/α,β-unsaturated/α-hetero) is 3. The molecule has 6 rings (SSSR count). The molecule has 3 aromatic heterocycles. The van der Waals surface area contributed by atoms with Gasteiger partial charge in [0.1, 0.15) is 35.9 Å². The summed E-state index contributed by atoms with van der Waals surface area (Å²) >= 11 is 3.43. The van der Waals surface area contributed by atoms with Crippen LogP contribution in [-0.4, -0.2) is 137 Å². The summed E-state index contributed by atoms with van der Waals surface area (Å²) in [6.07, 6.45) is 8.63. The van der Waals surface area contributed by atoms with Crippen molar-refractivity contribution in [3.05, 3.63) is 70.1 Å². The molecule has 0 spiro atoms. The first-order chi connectivity index (χ1) is 30.9. The van der Waals surface area contributed by atoms with E-state index in [4.69, 9.17) is 24.7 Å². The minimum atomic E-state index is -0.547. The third-order valence-electron chi connectivity index (χ3n) is 11.7. The van der Waals surface area contributed by atoms with Crippen LogP contribution >= 0.6 is 15.9 Å². The van der Waals surface area contributed by atoms with Crippen molar-refractivity contribution in [2.24, 2.45) is 11.1 Å². The number of aryl methyl sites for hydroxylation is 2. The lowest BCUT2D eigenvalue weighted by atomic mass is 9.91. The highest BCUT2D eigenvalue weighted by Gasteiger charge is 2.66. The summed E-state index contributed by atoms with van der Waals surface area (Å²) < 4.78 is 23.5. The number of nitrogens with two attached hydrogens (primary N) is 1. The van der Waals surface area contributed by atoms with Gasteiger partial charge < -0.3 is 34.9 Å². The van der Waals surface area contributed by atoms with Gasteiger partial charge >= 0.3 is 0 Å². The molecular formula is C46H59BrN8O9. The number of halogens is 1. The van der Waals surface area contributed by atoms with Gasteiger partial charge in [0.2, 0.25) is 11.8 Å². The number of amides is 2. The van der Waals surface area contributed by atoms with Crippen LogP contribution in [0.4, 0.5) is 0 Å². The van der Waals surface area contributed by atoms with E-state index in [-0.39, 0.29) is 92.1 Å². The highest BCUT2D eigenvalue weighted by atomic mass is 79.9. The topological polar surface area (TPSA) is 220 Å². The molecule has 0 unspecified atom stereocenters. The molecule has 2 fully saturated rings. The van der Waals surface area contributed by atoms with Crippen LogP contribution in [0.3, 0.4) is 0 Å². The number of aromatic nitrogens is 5. The maximum atomic E-state index is 14.3. The first-order valence-corrected chi connectivity index (χ1v) is 22.8. The fourth-order valence-electron chi connectivity index (χ4n) is 8.25. The molecule has 17 nitrogen and oxygen atoms in total. The van der Waals surface area contributed by atoms with Gasteiger partial charge in [-0.2, -0.15) is 5.10 Å². The second-order valence-corrected chi connectivity index (χ2v) is 17.2. The number of benzene rings is 1. The molecular weight excluding hydrogens is 888 g/mol. The Kier molecular flexibility index (Phi) is 17.7. The van der Waals surface area contributed by atoms with Gasteiger partial charge in [0.15, 0.2) is 17.3 Å². The van der Waals surface area contributed by atoms with E-state index < -0.39 is 6.04 Å². The van der Waals surface area contributed by atoms with Gasteiger partial charge in [-0.3, -0.25) is 28.7 Å². The van der Waals surface area contributed by atoms with Crippen LogP contribution in [0.1, 0.15) is 79.9 Å². The number of rotatable bonds is 28. The van der Waals surface area contributed by atoms with Gasteiger partial charge in [-0.05, 0) is 76.9 Å². The molecule has 2 amide bonds. The van der Waals surface area contributed by atoms with Crippen molar-refractivity contribution < 1.29 is 42.9 Å². The minimum Gasteiger partial charge on any atom is -0.378 e. The molecule has 3 atom stereocenters. The van der Waals surface area contributed by atoms with Crippen LogP contribution in [-0.2, 0) is 57.5 Å². The molecule has 4 aromatic rings. The summed E-state index contributed by atoms with van der Waals surface area (Å²) in [6, 6.07) is 8.80. The Hall–Kier alpha value is -4.85. The highest BCUT2D eigenvalue weighted by Crippen LogP contribution is 2.62. The summed E-state index contributed by atoms with van der Waals surface area (Å²) in [6.45, 7) is 8.00. The number of ether oxygens (including phenoxy) is 4. The second-order valence-electron chi connectivity index (χ2n) is 16.4. The molecule has 1 saturated carbocycles. The zero-order chi connectivity index (χ0) is 45.6. The van der Waals surface area contributed by atoms with Gasteiger partial charge in [-0.25, -0.2) is 15.0 Å². The summed E-state index contributed by atoms with van der Waals surface area (Å²) in [5.74, 6) is -0.294. The summed E-state index contributed by atoms with van der Waals surface area (Å²) in [4.78, 5) is 80.7. The van der Waals surface area contributed by atoms with Crippen LogP contribution in [0, 0.1) is 12.3 Å². The Morgan fingerprint density at radius 1 is 0.922 bits per heavy atom. The summed E-state index contributed by atoms with van der Waals surface area (Å²) in [7, 11) is 0. The molecule has 1 aromatic carbocycles. The second kappa shape index (κ2) is 23.4. The molecule has 18 heteroatoms. The number of hydrogen-bond acceptors (Lipinski definition) is 14. The quantitative estimate of drug-likeness (QED) is 0.0464. The maximum absolute atomic E-state index is 14.3. The van der Waals surface area contributed by atoms with E-state index in [0.29, 0.717) is 84.9 Å². The van der Waals surface area contributed by atoms with Crippen molar-refractivity contribution in [3.63, 3.8) is 0 Å². The molecule has 1 aliphatic heterocycles. The molecule has 2 aliphatic rings. The number of nitrogens with zero attached hydrogens (tertiary/aromatic N) is 6. The van der Waals surface area contributed by atoms with Crippen molar-refractivity contribution >= 4 is 56.0 Å². The van der Waals surface area contributed by atoms with Crippen molar-refractivity contribution in [2.75, 3.05) is 65.9 Å². The third-order valence-corrected chi connectivity index (χ3v) is 12.2. The van der Waals surface area contributed by atoms with E-state index in [1.165, 1.54) is 6.92 Å². The predicted molar refractivity (Wildman–Crippen MR) is 240 cm³/mol. The SMILES string of the molecule is CCCC[C@@]12C[C@@H](C(=O)Cc3nc(Br)ccc3C)N(C(=O)Cn3nc(C(C)=O)c4cc(-c5cnc(CCC(=O)COCCOCCNC(=O)COCCOCCN)nc5)ccc43)[C@@H]1C2. The predicted octanol–water partition coefficient (Wildman–Crippen LogP) is 4.17. The molecule has 4 heterocycles. The standard InChI is InChI=1S/C46H59BrN8O9/c1-4-5-12-46-23-38(39(58)22-36-30(2)6-10-41(47)52-36)55(40(46)24-46)44(60)27-54-37-9-7-32(21-35(37)45(53-54)31(3)56)33-25-50-42(51-26-33)11-8-34(57)28-63-19-18-62-16-14-49-43(59)29-64-20-17-61-15-13-48/h6-7,9-10,21,25-26,38,40H,4-5,8,11-20,22-24,27-29,48H2,1-3H3,(H,49,59)/t38-,40+,46-/m0/s1. The number of pyridine rings is 1. The number of carbonyl (C=O) groups excluding carboxylic acids is 5. The highest BCUT2D eigenvalue weighted by molar-refractivity contribution is 9.10. The third kappa shape index (κ3) is 12.9. The van der Waals surface area contributed by atoms with E-state index in [9.17, 15) is 24.0 Å². The Morgan fingerprint density at radius 3 is 2.39 bits per heavy atom. The Labute approximate surface area is 381 Å². The van der Waals surface area contributed by atoms with Crippen LogP contribution in [0.15, 0.2) is 47.3 Å². The molecule has 1 saturated heterocycles. The molecule has 0 bridgehead atoms. The first-order valence-electron chi connectivity index (χ1n) is 22.0. The smallest absolute Gasteiger partial charge is 0.246 e. The van der Waals surface area contributed by atoms with Crippen molar-refractivity contribution in [3.8, 4) is 11.1 Å². The van der Waals surface area contributed by atoms with Crippen LogP contribution in [0.25, 0.3) is 22.0 Å². The molecule has 64 heavy (non-hydrogen) atoms. The average Bonchev–Trinajstić information content (AvgIpc) is 3.70. The zero-order valence-corrected chi connectivity index (χ0v) is 38.5. The molecule has 1 aliphatic carbocycles. The summed E-state index contributed by atoms with van der Waals surface area (Å²) in [5, 5.41) is 7.92. The van der Waals surface area contributed by atoms with E-state index in [1.54, 1.807) is 17.1 Å². The first kappa shape index (κ1) is 48.6. The zero-order valence-electron chi connectivity index (χ0n) is 36.9. The maximum Gasteiger partial charge on any atom is 0.246 e. The van der Waals surface area contributed by atoms with Gasteiger partial charge in [0.05, 0.1) is 63.3 Å². The Bertz CT molecular complexity index is 2270. The van der Waals surface area contributed by atoms with Crippen molar-refractivity contribution in [2.45, 2.75) is 90.8 Å². The number of fused-ring (bicyclic) bond motifs is 2. The van der Waals surface area contributed by atoms with E-state index >= 15 is 0 Å². The van der Waals surface area contributed by atoms with E-state index in [1.807, 2.05) is 42.2 Å². The number of nitrogens with one attached hydrogen (secondary N) is 1. The lowest BCUT2D eigenvalue weighted by Gasteiger charge is -2.27. The minimum absolute atomic E-state index is 0.00234. The fourth-order valence-corrected chi connectivity index (χ4v) is 8.60. The lowest BCUT2D eigenvalue weighted by Crippen LogP contribution is -2.45. The van der Waals surface area contributed by atoms with E-state index in [2.05, 4.69) is 48.2 Å². The van der Waals surface area contributed by atoms with Crippen LogP contribution in [0.5, 0.6) is 0 Å². The monoisotopic (exact) mass is 946 g/mol. The Balaban J connectivity index is 0.986. The molecule has 0 radical (unpaired) electrons. The van der Waals surface area contributed by atoms with Crippen LogP contribution < -0.4 is 11.1 Å². The number of ketones is 3. The average molecular weight is 948 g/mol. The number of likely N-dealkylation sites (tertiary alicyclic amines) is 1. The number of unbranched alkanes of at least 4 members (excludes halogenated alkanes) is 1. The molecule has 3 N–H and O–H groups in total. The van der Waals surface area contributed by atoms with Crippen molar-refractivity contribution in [1.29, 1.82) is 0 Å². The molecule has 344 valence electrons. The van der Waals surface area contributed by atoms with E-state index in [0.717, 1.165) is 36.8 Å². The van der Waals surface area contributed by atoms with Crippen LogP contribution in [0.2, 0.25) is 0 Å².